The lowest BCUT2D eigenvalue weighted by molar-refractivity contribution is -0.168. The molecule has 5 rings (SSSR count). The minimum Gasteiger partial charge on any atom is -0.387 e. The van der Waals surface area contributed by atoms with Gasteiger partial charge in [0.25, 0.3) is 5.56 Å². The molecule has 216 valence electrons. The highest BCUT2D eigenvalue weighted by molar-refractivity contribution is 5.51. The van der Waals surface area contributed by atoms with E-state index in [9.17, 15) is 14.7 Å². The lowest BCUT2D eigenvalue weighted by atomic mass is 9.77. The Labute approximate surface area is 236 Å². The zero-order chi connectivity index (χ0) is 29.3. The number of benzene rings is 2. The summed E-state index contributed by atoms with van der Waals surface area (Å²) >= 11 is 0. The molecule has 1 saturated heterocycles. The number of hydrogen-bond acceptors (Lipinski definition) is 7. The zero-order valence-electron chi connectivity index (χ0n) is 23.0. The highest BCUT2D eigenvalue weighted by Crippen LogP contribution is 2.46. The second kappa shape index (κ2) is 11.3. The van der Waals surface area contributed by atoms with Crippen LogP contribution in [0, 0.1) is 0 Å². The van der Waals surface area contributed by atoms with Gasteiger partial charge in [-0.3, -0.25) is 14.3 Å². The van der Waals surface area contributed by atoms with Crippen LogP contribution < -0.4 is 11.2 Å². The summed E-state index contributed by atoms with van der Waals surface area (Å²) in [5.41, 5.74) is -2.64. The second-order valence-corrected chi connectivity index (χ2v) is 10.3. The predicted molar refractivity (Wildman–Crippen MR) is 149 cm³/mol. The second-order valence-electron chi connectivity index (χ2n) is 10.3. The fourth-order valence-corrected chi connectivity index (χ4v) is 5.52. The molecule has 0 spiro atoms. The van der Waals surface area contributed by atoms with E-state index >= 15 is 4.39 Å². The molecule has 41 heavy (non-hydrogen) atoms. The van der Waals surface area contributed by atoms with Crippen molar-refractivity contribution >= 4 is 0 Å². The number of alkyl halides is 1. The molecule has 0 saturated carbocycles. The van der Waals surface area contributed by atoms with Crippen LogP contribution in [-0.2, 0) is 24.5 Å². The molecule has 2 heterocycles. The van der Waals surface area contributed by atoms with Gasteiger partial charge < -0.3 is 24.1 Å². The van der Waals surface area contributed by atoms with Gasteiger partial charge in [0.1, 0.15) is 17.8 Å². The van der Waals surface area contributed by atoms with Crippen molar-refractivity contribution in [3.63, 3.8) is 0 Å². The Bertz CT molecular complexity index is 1490. The molecule has 0 radical (unpaired) electrons. The Morgan fingerprint density at radius 3 is 2.17 bits per heavy atom. The molecule has 2 aromatic carbocycles. The summed E-state index contributed by atoms with van der Waals surface area (Å²) in [6, 6.07) is 20.2. The number of aromatic nitrogens is 2. The van der Waals surface area contributed by atoms with E-state index in [0.717, 1.165) is 40.5 Å². The van der Waals surface area contributed by atoms with Gasteiger partial charge >= 0.3 is 5.69 Å². The lowest BCUT2D eigenvalue weighted by Gasteiger charge is -2.40. The number of halogens is 1. The van der Waals surface area contributed by atoms with Crippen LogP contribution in [0.4, 0.5) is 4.39 Å². The van der Waals surface area contributed by atoms with Gasteiger partial charge in [0, 0.05) is 32.9 Å². The van der Waals surface area contributed by atoms with Crippen LogP contribution in [0.2, 0.25) is 0 Å². The largest absolute Gasteiger partial charge is 0.387 e. The minimum absolute atomic E-state index is 0.232. The standard InChI is InChI=1S/C31H33FN2O7/c1-29(32)26(36)24(41-27(29)34-19-16-25(35)33-28(34)37)20-40-31(21-10-6-4-7-11-21,22-12-8-5-9-13-22)23-14-17-30(38-2,39-3)18-15-23/h4-17,19,24,26-27,36H,18,20H2,1-3H3,(H,33,35,37)/t24-,26-,27-,29-/m1/s1. The fraction of sp³-hybridized carbons (Fsp3) is 0.355. The maximum absolute atomic E-state index is 15.9. The highest BCUT2D eigenvalue weighted by Gasteiger charge is 2.56. The summed E-state index contributed by atoms with van der Waals surface area (Å²) in [6.45, 7) is 0.924. The Hall–Kier alpha value is -3.67. The van der Waals surface area contributed by atoms with Gasteiger partial charge in [0.05, 0.1) is 6.61 Å². The number of hydrogen-bond donors (Lipinski definition) is 2. The summed E-state index contributed by atoms with van der Waals surface area (Å²) in [7, 11) is 3.14. The summed E-state index contributed by atoms with van der Waals surface area (Å²) in [5.74, 6) is -0.930. The molecule has 0 bridgehead atoms. The number of nitrogens with one attached hydrogen (secondary N) is 1. The Balaban J connectivity index is 1.55. The van der Waals surface area contributed by atoms with Gasteiger partial charge in [-0.05, 0) is 29.7 Å². The Kier molecular flexibility index (Phi) is 7.95. The number of rotatable bonds is 9. The van der Waals surface area contributed by atoms with Crippen LogP contribution in [-0.4, -0.2) is 59.1 Å². The van der Waals surface area contributed by atoms with Crippen molar-refractivity contribution in [3.05, 3.63) is 129 Å². The first-order chi connectivity index (χ1) is 19.7. The third-order valence-corrected chi connectivity index (χ3v) is 7.87. The van der Waals surface area contributed by atoms with E-state index in [1.54, 1.807) is 14.2 Å². The van der Waals surface area contributed by atoms with Crippen molar-refractivity contribution in [2.75, 3.05) is 20.8 Å². The quantitative estimate of drug-likeness (QED) is 0.384. The maximum Gasteiger partial charge on any atom is 0.330 e. The third kappa shape index (κ3) is 5.13. The molecule has 0 amide bonds. The average Bonchev–Trinajstić information content (AvgIpc) is 3.22. The van der Waals surface area contributed by atoms with E-state index in [-0.39, 0.29) is 6.61 Å². The molecule has 1 aromatic heterocycles. The van der Waals surface area contributed by atoms with Gasteiger partial charge in [0.2, 0.25) is 0 Å². The first kappa shape index (κ1) is 28.8. The van der Waals surface area contributed by atoms with E-state index in [1.165, 1.54) is 0 Å². The first-order valence-corrected chi connectivity index (χ1v) is 13.3. The van der Waals surface area contributed by atoms with Crippen LogP contribution in [0.3, 0.4) is 0 Å². The topological polar surface area (TPSA) is 112 Å². The van der Waals surface area contributed by atoms with Crippen LogP contribution in [0.15, 0.2) is 106 Å². The number of aliphatic hydroxyl groups excluding tert-OH is 1. The minimum atomic E-state index is -2.36. The van der Waals surface area contributed by atoms with Crippen molar-refractivity contribution in [1.29, 1.82) is 0 Å². The normalized spacial score (nSPS) is 25.7. The summed E-state index contributed by atoms with van der Waals surface area (Å²) in [4.78, 5) is 26.1. The Morgan fingerprint density at radius 2 is 1.66 bits per heavy atom. The fourth-order valence-electron chi connectivity index (χ4n) is 5.52. The molecule has 1 aliphatic heterocycles. The van der Waals surface area contributed by atoms with Crippen LogP contribution >= 0.6 is 0 Å². The number of H-pyrrole nitrogens is 1. The van der Waals surface area contributed by atoms with Crippen molar-refractivity contribution in [2.45, 2.75) is 48.8 Å². The average molecular weight is 565 g/mol. The molecule has 9 nitrogen and oxygen atoms in total. The molecule has 1 fully saturated rings. The summed E-state index contributed by atoms with van der Waals surface area (Å²) in [6.07, 6.45) is 2.95. The van der Waals surface area contributed by atoms with E-state index < -0.39 is 46.7 Å². The number of nitrogens with zero attached hydrogens (tertiary/aromatic N) is 1. The molecular weight excluding hydrogens is 531 g/mol. The summed E-state index contributed by atoms with van der Waals surface area (Å²) < 4.78 is 40.8. The van der Waals surface area contributed by atoms with Crippen LogP contribution in [0.1, 0.15) is 30.7 Å². The van der Waals surface area contributed by atoms with Crippen molar-refractivity contribution in [1.82, 2.24) is 9.55 Å². The molecule has 1 aliphatic carbocycles. The predicted octanol–water partition coefficient (Wildman–Crippen LogP) is 3.36. The van der Waals surface area contributed by atoms with Gasteiger partial charge in [-0.15, -0.1) is 0 Å². The molecular formula is C31H33FN2O7. The van der Waals surface area contributed by atoms with Crippen molar-refractivity contribution < 1.29 is 28.4 Å². The zero-order valence-corrected chi connectivity index (χ0v) is 23.0. The summed E-state index contributed by atoms with van der Waals surface area (Å²) in [5, 5.41) is 11.0. The molecule has 2 N–H and O–H groups in total. The number of aliphatic hydroxyl groups is 1. The molecule has 10 heteroatoms. The number of aromatic amines is 1. The first-order valence-electron chi connectivity index (χ1n) is 13.3. The molecule has 4 atom stereocenters. The molecule has 2 aliphatic rings. The molecule has 0 unspecified atom stereocenters. The Morgan fingerprint density at radius 1 is 1.05 bits per heavy atom. The number of methoxy groups -OCH3 is 2. The smallest absolute Gasteiger partial charge is 0.330 e. The van der Waals surface area contributed by atoms with Gasteiger partial charge in [-0.1, -0.05) is 72.8 Å². The van der Waals surface area contributed by atoms with Gasteiger partial charge in [-0.2, -0.15) is 0 Å². The van der Waals surface area contributed by atoms with E-state index in [2.05, 4.69) is 4.98 Å². The monoisotopic (exact) mass is 564 g/mol. The van der Waals surface area contributed by atoms with Crippen LogP contribution in [0.25, 0.3) is 0 Å². The third-order valence-electron chi connectivity index (χ3n) is 7.87. The van der Waals surface area contributed by atoms with E-state index in [1.807, 2.05) is 78.9 Å². The van der Waals surface area contributed by atoms with E-state index in [4.69, 9.17) is 18.9 Å². The lowest BCUT2D eigenvalue weighted by Crippen LogP contribution is -2.44. The number of ether oxygens (including phenoxy) is 4. The maximum atomic E-state index is 15.9. The van der Waals surface area contributed by atoms with Crippen LogP contribution in [0.5, 0.6) is 0 Å². The van der Waals surface area contributed by atoms with Gasteiger partial charge in [-0.25, -0.2) is 9.18 Å². The molecule has 3 aromatic rings. The highest BCUT2D eigenvalue weighted by atomic mass is 19.1. The van der Waals surface area contributed by atoms with Gasteiger partial charge in [0.15, 0.2) is 17.7 Å². The van der Waals surface area contributed by atoms with Crippen molar-refractivity contribution in [2.24, 2.45) is 0 Å². The van der Waals surface area contributed by atoms with Crippen molar-refractivity contribution in [3.8, 4) is 0 Å². The van der Waals surface area contributed by atoms with E-state index in [0.29, 0.717) is 6.42 Å². The SMILES string of the molecule is COC1(OC)C=CC(C(OC[C@H]2O[C@@H](n3ccc(=O)[nH]c3=O)[C@](C)(F)[C@@H]2O)(c2ccccc2)c2ccccc2)=CC1.